The highest BCUT2D eigenvalue weighted by Crippen LogP contribution is 2.26. The molecule has 0 saturated heterocycles. The van der Waals surface area contributed by atoms with Gasteiger partial charge in [-0.15, -0.1) is 0 Å². The Morgan fingerprint density at radius 2 is 1.75 bits per heavy atom. The topological polar surface area (TPSA) is 50.4 Å². The van der Waals surface area contributed by atoms with Crippen molar-refractivity contribution in [2.45, 2.75) is 6.54 Å². The van der Waals surface area contributed by atoms with Crippen LogP contribution in [-0.2, 0) is 11.3 Å². The summed E-state index contributed by atoms with van der Waals surface area (Å²) in [7, 11) is 0. The molecule has 0 bridgehead atoms. The van der Waals surface area contributed by atoms with Crippen molar-refractivity contribution >= 4 is 40.5 Å². The fourth-order valence-electron chi connectivity index (χ4n) is 2.45. The summed E-state index contributed by atoms with van der Waals surface area (Å²) in [6.45, 7) is 0.350. The summed E-state index contributed by atoms with van der Waals surface area (Å²) < 4.78 is 18.3. The number of amides is 1. The summed E-state index contributed by atoms with van der Waals surface area (Å²) in [6.07, 6.45) is 0. The molecule has 2 N–H and O–H groups in total. The van der Waals surface area contributed by atoms with E-state index in [-0.39, 0.29) is 18.3 Å². The molecular formula is C21H17Cl2FN2O2. The minimum absolute atomic E-state index is 0.211. The van der Waals surface area contributed by atoms with E-state index in [2.05, 4.69) is 10.6 Å². The maximum absolute atomic E-state index is 12.9. The Morgan fingerprint density at radius 3 is 2.46 bits per heavy atom. The highest BCUT2D eigenvalue weighted by molar-refractivity contribution is 6.32. The number of nitrogens with one attached hydrogen (secondary N) is 2. The van der Waals surface area contributed by atoms with Crippen molar-refractivity contribution in [1.29, 1.82) is 0 Å². The molecule has 0 unspecified atom stereocenters. The Balaban J connectivity index is 1.52. The van der Waals surface area contributed by atoms with Crippen LogP contribution in [0.3, 0.4) is 0 Å². The first-order valence-corrected chi connectivity index (χ1v) is 9.21. The van der Waals surface area contributed by atoms with Crippen LogP contribution in [0.15, 0.2) is 66.7 Å². The van der Waals surface area contributed by atoms with Crippen LogP contribution in [0.4, 0.5) is 15.8 Å². The number of rotatable bonds is 7. The van der Waals surface area contributed by atoms with E-state index in [0.717, 1.165) is 11.3 Å². The second-order valence-electron chi connectivity index (χ2n) is 5.97. The number of carbonyl (C=O) groups is 1. The second kappa shape index (κ2) is 9.44. The molecule has 3 aromatic carbocycles. The normalized spacial score (nSPS) is 10.4. The molecular weight excluding hydrogens is 402 g/mol. The van der Waals surface area contributed by atoms with Gasteiger partial charge < -0.3 is 15.4 Å². The molecule has 1 amide bonds. The maximum Gasteiger partial charge on any atom is 0.262 e. The van der Waals surface area contributed by atoms with E-state index in [1.807, 2.05) is 30.3 Å². The third-order valence-corrected chi connectivity index (χ3v) is 4.33. The molecule has 0 spiro atoms. The molecule has 0 radical (unpaired) electrons. The van der Waals surface area contributed by atoms with E-state index in [0.29, 0.717) is 28.0 Å². The monoisotopic (exact) mass is 418 g/mol. The lowest BCUT2D eigenvalue weighted by molar-refractivity contribution is -0.118. The quantitative estimate of drug-likeness (QED) is 0.512. The molecule has 3 aromatic rings. The molecule has 4 nitrogen and oxygen atoms in total. The summed E-state index contributed by atoms with van der Waals surface area (Å²) in [4.78, 5) is 11.9. The van der Waals surface area contributed by atoms with E-state index in [9.17, 15) is 9.18 Å². The van der Waals surface area contributed by atoms with Crippen molar-refractivity contribution < 1.29 is 13.9 Å². The van der Waals surface area contributed by atoms with Crippen LogP contribution in [0.25, 0.3) is 0 Å². The molecule has 0 aliphatic heterocycles. The number of benzene rings is 3. The summed E-state index contributed by atoms with van der Waals surface area (Å²) >= 11 is 12.2. The van der Waals surface area contributed by atoms with Gasteiger partial charge >= 0.3 is 0 Å². The first-order valence-electron chi connectivity index (χ1n) is 8.46. The van der Waals surface area contributed by atoms with E-state index in [1.165, 1.54) is 24.3 Å². The Kier molecular flexibility index (Phi) is 6.74. The summed E-state index contributed by atoms with van der Waals surface area (Å²) in [5.74, 6) is -0.331. The Morgan fingerprint density at radius 1 is 0.964 bits per heavy atom. The molecule has 7 heteroatoms. The molecule has 28 heavy (non-hydrogen) atoms. The van der Waals surface area contributed by atoms with Gasteiger partial charge in [0.25, 0.3) is 5.91 Å². The standard InChI is InChI=1S/C21H17Cl2FN2O2/c22-15-2-1-3-18(11-15)25-12-14-4-9-20(19(23)10-14)28-13-21(27)26-17-7-5-16(24)6-8-17/h1-11,25H,12-13H2,(H,26,27). The summed E-state index contributed by atoms with van der Waals surface area (Å²) in [6, 6.07) is 18.3. The fourth-order valence-corrected chi connectivity index (χ4v) is 2.90. The fraction of sp³-hybridized carbons (Fsp3) is 0.0952. The predicted molar refractivity (Wildman–Crippen MR) is 111 cm³/mol. The molecule has 144 valence electrons. The van der Waals surface area contributed by atoms with Gasteiger partial charge in [0.2, 0.25) is 0 Å². The van der Waals surface area contributed by atoms with Gasteiger partial charge in [0, 0.05) is 22.9 Å². The Bertz CT molecular complexity index is 965. The van der Waals surface area contributed by atoms with Crippen LogP contribution < -0.4 is 15.4 Å². The Hall–Kier alpha value is -2.76. The smallest absolute Gasteiger partial charge is 0.262 e. The molecule has 3 rings (SSSR count). The number of hydrogen-bond acceptors (Lipinski definition) is 3. The maximum atomic E-state index is 12.9. The molecule has 0 atom stereocenters. The van der Waals surface area contributed by atoms with E-state index < -0.39 is 0 Å². The lowest BCUT2D eigenvalue weighted by Crippen LogP contribution is -2.20. The summed E-state index contributed by atoms with van der Waals surface area (Å²) in [5.41, 5.74) is 2.35. The number of carbonyl (C=O) groups excluding carboxylic acids is 1. The van der Waals surface area contributed by atoms with Gasteiger partial charge in [0.05, 0.1) is 5.02 Å². The lowest BCUT2D eigenvalue weighted by Gasteiger charge is -2.11. The van der Waals surface area contributed by atoms with Crippen molar-refractivity contribution in [3.63, 3.8) is 0 Å². The van der Waals surface area contributed by atoms with Gasteiger partial charge in [-0.05, 0) is 60.2 Å². The molecule has 0 aliphatic rings. The minimum Gasteiger partial charge on any atom is -0.482 e. The highest BCUT2D eigenvalue weighted by atomic mass is 35.5. The lowest BCUT2D eigenvalue weighted by atomic mass is 10.2. The van der Waals surface area contributed by atoms with Crippen LogP contribution in [0.1, 0.15) is 5.56 Å². The zero-order valence-electron chi connectivity index (χ0n) is 14.7. The zero-order valence-corrected chi connectivity index (χ0v) is 16.2. The van der Waals surface area contributed by atoms with Crippen LogP contribution in [-0.4, -0.2) is 12.5 Å². The van der Waals surface area contributed by atoms with Crippen LogP contribution in [0, 0.1) is 5.82 Å². The predicted octanol–water partition coefficient (Wildman–Crippen LogP) is 5.76. The van der Waals surface area contributed by atoms with Gasteiger partial charge in [-0.25, -0.2) is 4.39 Å². The average Bonchev–Trinajstić information content (AvgIpc) is 2.67. The SMILES string of the molecule is O=C(COc1ccc(CNc2cccc(Cl)c2)cc1Cl)Nc1ccc(F)cc1. The Labute approximate surface area is 172 Å². The van der Waals surface area contributed by atoms with Crippen LogP contribution in [0.2, 0.25) is 10.0 Å². The van der Waals surface area contributed by atoms with Gasteiger partial charge in [-0.1, -0.05) is 35.3 Å². The van der Waals surface area contributed by atoms with Crippen molar-refractivity contribution in [2.24, 2.45) is 0 Å². The van der Waals surface area contributed by atoms with Crippen molar-refractivity contribution in [2.75, 3.05) is 17.2 Å². The van der Waals surface area contributed by atoms with E-state index in [4.69, 9.17) is 27.9 Å². The first kappa shape index (κ1) is 20.0. The van der Waals surface area contributed by atoms with Crippen LogP contribution >= 0.6 is 23.2 Å². The number of halogens is 3. The minimum atomic E-state index is -0.369. The zero-order chi connectivity index (χ0) is 19.9. The molecule has 0 aromatic heterocycles. The van der Waals surface area contributed by atoms with Crippen molar-refractivity contribution in [1.82, 2.24) is 0 Å². The van der Waals surface area contributed by atoms with Gasteiger partial charge in [-0.2, -0.15) is 0 Å². The number of ether oxygens (including phenoxy) is 1. The first-order chi connectivity index (χ1) is 13.5. The average molecular weight is 419 g/mol. The molecule has 0 aliphatic carbocycles. The number of hydrogen-bond donors (Lipinski definition) is 2. The molecule has 0 heterocycles. The highest BCUT2D eigenvalue weighted by Gasteiger charge is 2.08. The molecule has 0 saturated carbocycles. The third-order valence-electron chi connectivity index (χ3n) is 3.80. The largest absolute Gasteiger partial charge is 0.482 e. The van der Waals surface area contributed by atoms with Crippen molar-refractivity contribution in [3.8, 4) is 5.75 Å². The van der Waals surface area contributed by atoms with Gasteiger partial charge in [-0.3, -0.25) is 4.79 Å². The van der Waals surface area contributed by atoms with Gasteiger partial charge in [0.1, 0.15) is 11.6 Å². The number of anilines is 2. The van der Waals surface area contributed by atoms with E-state index >= 15 is 0 Å². The van der Waals surface area contributed by atoms with Crippen molar-refractivity contribution in [3.05, 3.63) is 88.2 Å². The summed E-state index contributed by atoms with van der Waals surface area (Å²) in [5, 5.41) is 6.93. The van der Waals surface area contributed by atoms with Crippen LogP contribution in [0.5, 0.6) is 5.75 Å². The molecule has 0 fully saturated rings. The van der Waals surface area contributed by atoms with Gasteiger partial charge in [0.15, 0.2) is 6.61 Å². The van der Waals surface area contributed by atoms with E-state index in [1.54, 1.807) is 12.1 Å². The second-order valence-corrected chi connectivity index (χ2v) is 6.82. The third kappa shape index (κ3) is 5.87.